The van der Waals surface area contributed by atoms with Crippen LogP contribution in [-0.2, 0) is 0 Å². The van der Waals surface area contributed by atoms with E-state index in [0.717, 1.165) is 12.1 Å². The Morgan fingerprint density at radius 2 is 2.11 bits per heavy atom. The number of aromatic amines is 1. The minimum Gasteiger partial charge on any atom is -0.327 e. The summed E-state index contributed by atoms with van der Waals surface area (Å²) in [5.74, 6) is -0.886. The van der Waals surface area contributed by atoms with Crippen LogP contribution < -0.4 is 5.56 Å². The van der Waals surface area contributed by atoms with Crippen molar-refractivity contribution in [3.8, 4) is 0 Å². The molecule has 0 saturated carbocycles. The smallest absolute Gasteiger partial charge is 0.327 e. The fraction of sp³-hybridized carbons (Fsp3) is 0.444. The first-order valence-electron chi connectivity index (χ1n) is 4.81. The van der Waals surface area contributed by atoms with Gasteiger partial charge in [0.15, 0.2) is 0 Å². The van der Waals surface area contributed by atoms with Crippen molar-refractivity contribution in [2.24, 2.45) is 0 Å². The van der Waals surface area contributed by atoms with Crippen molar-refractivity contribution in [2.75, 3.05) is 18.4 Å². The summed E-state index contributed by atoms with van der Waals surface area (Å²) in [6.45, 7) is -1.47. The van der Waals surface area contributed by atoms with Crippen LogP contribution in [0, 0.1) is 0 Å². The van der Waals surface area contributed by atoms with Gasteiger partial charge in [-0.15, -0.1) is 0 Å². The van der Waals surface area contributed by atoms with E-state index in [4.69, 9.17) is 0 Å². The number of aromatic nitrogens is 2. The SMILES string of the molecule is O=C(c1ccc(=O)[nH]n1)N(CCBr)CC(F)(F)F. The average Bonchev–Trinajstić information content (AvgIpc) is 2.27. The topological polar surface area (TPSA) is 66.1 Å². The van der Waals surface area contributed by atoms with Crippen molar-refractivity contribution in [3.05, 3.63) is 28.2 Å². The molecule has 5 nitrogen and oxygen atoms in total. The summed E-state index contributed by atoms with van der Waals surface area (Å²) in [5.41, 5.74) is -0.769. The molecule has 0 saturated heterocycles. The molecule has 9 heteroatoms. The monoisotopic (exact) mass is 327 g/mol. The van der Waals surface area contributed by atoms with E-state index in [0.29, 0.717) is 4.90 Å². The number of nitrogens with zero attached hydrogens (tertiary/aromatic N) is 2. The molecule has 0 fully saturated rings. The lowest BCUT2D eigenvalue weighted by atomic mass is 10.3. The molecule has 1 amide bonds. The highest BCUT2D eigenvalue weighted by Crippen LogP contribution is 2.17. The van der Waals surface area contributed by atoms with E-state index in [2.05, 4.69) is 21.0 Å². The first-order valence-corrected chi connectivity index (χ1v) is 5.93. The normalized spacial score (nSPS) is 11.3. The number of halogens is 4. The van der Waals surface area contributed by atoms with Crippen molar-refractivity contribution in [1.29, 1.82) is 0 Å². The van der Waals surface area contributed by atoms with Crippen LogP contribution in [0.3, 0.4) is 0 Å². The summed E-state index contributed by atoms with van der Waals surface area (Å²) >= 11 is 2.97. The standard InChI is InChI=1S/C9H9BrF3N3O2/c10-3-4-16(5-9(11,12)13)8(18)6-1-2-7(17)15-14-6/h1-2H,3-5H2,(H,15,17). The van der Waals surface area contributed by atoms with Gasteiger partial charge in [-0.1, -0.05) is 15.9 Å². The zero-order valence-electron chi connectivity index (χ0n) is 9.00. The number of hydrogen-bond acceptors (Lipinski definition) is 3. The number of carbonyl (C=O) groups is 1. The average molecular weight is 328 g/mol. The molecule has 0 aliphatic heterocycles. The van der Waals surface area contributed by atoms with Crippen LogP contribution in [0.15, 0.2) is 16.9 Å². The minimum atomic E-state index is -4.49. The lowest BCUT2D eigenvalue weighted by Gasteiger charge is -2.22. The maximum absolute atomic E-state index is 12.3. The largest absolute Gasteiger partial charge is 0.406 e. The van der Waals surface area contributed by atoms with E-state index in [9.17, 15) is 22.8 Å². The van der Waals surface area contributed by atoms with Gasteiger partial charge >= 0.3 is 6.18 Å². The molecule has 0 radical (unpaired) electrons. The number of H-pyrrole nitrogens is 1. The number of hydrogen-bond donors (Lipinski definition) is 1. The maximum Gasteiger partial charge on any atom is 0.406 e. The minimum absolute atomic E-state index is 0.112. The Balaban J connectivity index is 2.88. The fourth-order valence-electron chi connectivity index (χ4n) is 1.20. The molecular formula is C9H9BrF3N3O2. The van der Waals surface area contributed by atoms with Gasteiger partial charge in [-0.2, -0.15) is 18.3 Å². The van der Waals surface area contributed by atoms with Gasteiger partial charge in [-0.3, -0.25) is 9.59 Å². The van der Waals surface area contributed by atoms with Gasteiger partial charge in [0.1, 0.15) is 12.2 Å². The number of amides is 1. The highest BCUT2D eigenvalue weighted by molar-refractivity contribution is 9.09. The lowest BCUT2D eigenvalue weighted by Crippen LogP contribution is -2.40. The van der Waals surface area contributed by atoms with Crippen LogP contribution >= 0.6 is 15.9 Å². The molecular weight excluding hydrogens is 319 g/mol. The summed E-state index contributed by atoms with van der Waals surface area (Å²) in [7, 11) is 0. The number of carbonyl (C=O) groups excluding carboxylic acids is 1. The van der Waals surface area contributed by atoms with Crippen LogP contribution in [-0.4, -0.2) is 45.6 Å². The van der Waals surface area contributed by atoms with Crippen molar-refractivity contribution in [3.63, 3.8) is 0 Å². The van der Waals surface area contributed by atoms with Gasteiger partial charge < -0.3 is 4.90 Å². The molecule has 1 rings (SSSR count). The Bertz CT molecular complexity index is 454. The van der Waals surface area contributed by atoms with Crippen LogP contribution in [0.1, 0.15) is 10.5 Å². The summed E-state index contributed by atoms with van der Waals surface area (Å²) in [6, 6.07) is 2.11. The van der Waals surface area contributed by atoms with E-state index < -0.39 is 24.2 Å². The highest BCUT2D eigenvalue weighted by Gasteiger charge is 2.33. The third-order valence-corrected chi connectivity index (χ3v) is 2.26. The molecule has 18 heavy (non-hydrogen) atoms. The molecule has 0 aromatic carbocycles. The molecule has 1 heterocycles. The van der Waals surface area contributed by atoms with E-state index in [1.807, 2.05) is 5.10 Å². The van der Waals surface area contributed by atoms with Crippen molar-refractivity contribution in [1.82, 2.24) is 15.1 Å². The number of alkyl halides is 4. The lowest BCUT2D eigenvalue weighted by molar-refractivity contribution is -0.140. The first-order chi connectivity index (χ1) is 8.33. The Morgan fingerprint density at radius 1 is 1.44 bits per heavy atom. The summed E-state index contributed by atoms with van der Waals surface area (Å²) < 4.78 is 36.8. The van der Waals surface area contributed by atoms with E-state index in [1.165, 1.54) is 0 Å². The second kappa shape index (κ2) is 5.98. The van der Waals surface area contributed by atoms with Crippen molar-refractivity contribution in [2.45, 2.75) is 6.18 Å². The highest BCUT2D eigenvalue weighted by atomic mass is 79.9. The summed E-state index contributed by atoms with van der Waals surface area (Å²) in [5, 5.41) is 5.60. The molecule has 0 aliphatic rings. The molecule has 1 aromatic rings. The second-order valence-electron chi connectivity index (χ2n) is 3.34. The predicted octanol–water partition coefficient (Wildman–Crippen LogP) is 1.17. The van der Waals surface area contributed by atoms with Crippen molar-refractivity contribution >= 4 is 21.8 Å². The van der Waals surface area contributed by atoms with Gasteiger partial charge in [0.05, 0.1) is 0 Å². The van der Waals surface area contributed by atoms with Gasteiger partial charge in [0.25, 0.3) is 11.5 Å². The predicted molar refractivity (Wildman–Crippen MR) is 60.6 cm³/mol. The molecule has 0 aliphatic carbocycles. The molecule has 0 bridgehead atoms. The molecule has 100 valence electrons. The molecule has 0 unspecified atom stereocenters. The number of nitrogens with one attached hydrogen (secondary N) is 1. The van der Waals surface area contributed by atoms with Crippen LogP contribution in [0.2, 0.25) is 0 Å². The Labute approximate surface area is 108 Å². The second-order valence-corrected chi connectivity index (χ2v) is 4.13. The summed E-state index contributed by atoms with van der Waals surface area (Å²) in [4.78, 5) is 23.1. The molecule has 0 spiro atoms. The van der Waals surface area contributed by atoms with Crippen molar-refractivity contribution < 1.29 is 18.0 Å². The van der Waals surface area contributed by atoms with Crippen LogP contribution in [0.5, 0.6) is 0 Å². The zero-order chi connectivity index (χ0) is 13.8. The molecule has 0 atom stereocenters. The third kappa shape index (κ3) is 4.47. The van der Waals surface area contributed by atoms with E-state index in [-0.39, 0.29) is 17.6 Å². The van der Waals surface area contributed by atoms with Crippen LogP contribution in [0.4, 0.5) is 13.2 Å². The fourth-order valence-corrected chi connectivity index (χ4v) is 1.62. The summed E-state index contributed by atoms with van der Waals surface area (Å²) in [6.07, 6.45) is -4.49. The van der Waals surface area contributed by atoms with E-state index >= 15 is 0 Å². The van der Waals surface area contributed by atoms with Gasteiger partial charge in [-0.25, -0.2) is 5.10 Å². The van der Waals surface area contributed by atoms with E-state index in [1.54, 1.807) is 0 Å². The third-order valence-electron chi connectivity index (χ3n) is 1.91. The first kappa shape index (κ1) is 14.7. The molecule has 1 aromatic heterocycles. The van der Waals surface area contributed by atoms with Crippen LogP contribution in [0.25, 0.3) is 0 Å². The number of rotatable bonds is 4. The zero-order valence-corrected chi connectivity index (χ0v) is 10.6. The molecule has 1 N–H and O–H groups in total. The Kier molecular flexibility index (Phi) is 4.88. The van der Waals surface area contributed by atoms with Gasteiger partial charge in [0, 0.05) is 17.9 Å². The Morgan fingerprint density at radius 3 is 2.56 bits per heavy atom. The maximum atomic E-state index is 12.3. The van der Waals surface area contributed by atoms with Gasteiger partial charge in [0.2, 0.25) is 0 Å². The Hall–Kier alpha value is -1.38. The van der Waals surface area contributed by atoms with Gasteiger partial charge in [-0.05, 0) is 6.07 Å². The quantitative estimate of drug-likeness (QED) is 0.844.